The maximum absolute atomic E-state index is 6.86. The van der Waals surface area contributed by atoms with Gasteiger partial charge in [-0.25, -0.2) is 0 Å². The first-order valence-corrected chi connectivity index (χ1v) is 20.8. The summed E-state index contributed by atoms with van der Waals surface area (Å²) in [5.41, 5.74) is 14.0. The van der Waals surface area contributed by atoms with Crippen molar-refractivity contribution >= 4 is 76.3 Å². The SMILES string of the molecule is c1ccc(-c2oc3cc4c(cc3c2-c2ccccc2)oc2cccc(-c3c5ccccc5c(-c5ccc6c7ccccc7n(-c7ccccc7)c6c5)c5ccccc35)c24)cc1. The van der Waals surface area contributed by atoms with Gasteiger partial charge in [0.25, 0.3) is 0 Å². The predicted molar refractivity (Wildman–Crippen MR) is 255 cm³/mol. The second-order valence-electron chi connectivity index (χ2n) is 15.9. The minimum atomic E-state index is 0.830. The number of para-hydroxylation sites is 2. The van der Waals surface area contributed by atoms with E-state index in [0.717, 1.165) is 66.6 Å². The van der Waals surface area contributed by atoms with Crippen LogP contribution in [0, 0.1) is 0 Å². The lowest BCUT2D eigenvalue weighted by atomic mass is 9.85. The highest BCUT2D eigenvalue weighted by molar-refractivity contribution is 6.27. The van der Waals surface area contributed by atoms with Crippen LogP contribution in [0.2, 0.25) is 0 Å². The standard InChI is InChI=1S/C58H35NO2/c1-4-17-36(18-5-1)55-47-34-52-48(35-53(47)61-58(55)37-19-6-2-7-20-37)57-46(28-16-30-51(57)60-52)56-44-26-12-10-24-42(44)54(43-25-11-13-27-45(43)56)38-31-32-41-40-23-14-15-29-49(40)59(50(41)33-38)39-21-8-3-9-22-39/h1-35H. The fraction of sp³-hybridized carbons (Fsp3) is 0. The Morgan fingerprint density at radius 2 is 0.852 bits per heavy atom. The minimum absolute atomic E-state index is 0.830. The first kappa shape index (κ1) is 33.8. The smallest absolute Gasteiger partial charge is 0.143 e. The van der Waals surface area contributed by atoms with Crippen molar-refractivity contribution in [1.29, 1.82) is 0 Å². The van der Waals surface area contributed by atoms with E-state index in [1.54, 1.807) is 0 Å². The van der Waals surface area contributed by atoms with E-state index in [2.05, 4.69) is 211 Å². The Morgan fingerprint density at radius 3 is 1.56 bits per heavy atom. The van der Waals surface area contributed by atoms with E-state index in [9.17, 15) is 0 Å². The van der Waals surface area contributed by atoms with Gasteiger partial charge in [-0.2, -0.15) is 0 Å². The van der Waals surface area contributed by atoms with Crippen molar-refractivity contribution in [2.45, 2.75) is 0 Å². The largest absolute Gasteiger partial charge is 0.456 e. The van der Waals surface area contributed by atoms with Crippen LogP contribution in [-0.2, 0) is 0 Å². The number of nitrogens with zero attached hydrogens (tertiary/aromatic N) is 1. The lowest BCUT2D eigenvalue weighted by molar-refractivity contribution is 0.632. The van der Waals surface area contributed by atoms with Gasteiger partial charge in [-0.05, 0) is 91.8 Å². The van der Waals surface area contributed by atoms with Crippen molar-refractivity contribution in [2.75, 3.05) is 0 Å². The summed E-state index contributed by atoms with van der Waals surface area (Å²) in [6, 6.07) is 76.0. The van der Waals surface area contributed by atoms with Crippen molar-refractivity contribution in [3.8, 4) is 50.4 Å². The van der Waals surface area contributed by atoms with Gasteiger partial charge in [0.2, 0.25) is 0 Å². The molecule has 0 aliphatic heterocycles. The number of benzene rings is 10. The van der Waals surface area contributed by atoms with Crippen LogP contribution in [0.15, 0.2) is 221 Å². The fourth-order valence-electron chi connectivity index (χ4n) is 10.0. The fourth-order valence-corrected chi connectivity index (χ4v) is 10.0. The van der Waals surface area contributed by atoms with E-state index in [-0.39, 0.29) is 0 Å². The highest BCUT2D eigenvalue weighted by Crippen LogP contribution is 2.49. The molecule has 0 fully saturated rings. The molecule has 0 bridgehead atoms. The van der Waals surface area contributed by atoms with Gasteiger partial charge in [-0.15, -0.1) is 0 Å². The molecule has 10 aromatic carbocycles. The number of rotatable bonds is 5. The number of hydrogen-bond acceptors (Lipinski definition) is 2. The molecule has 0 radical (unpaired) electrons. The monoisotopic (exact) mass is 777 g/mol. The van der Waals surface area contributed by atoms with Crippen molar-refractivity contribution in [3.63, 3.8) is 0 Å². The quantitative estimate of drug-likeness (QED) is 0.163. The van der Waals surface area contributed by atoms with Crippen molar-refractivity contribution in [2.24, 2.45) is 0 Å². The molecule has 3 aromatic heterocycles. The molecule has 0 aliphatic rings. The average Bonchev–Trinajstić information content (AvgIpc) is 3.99. The molecular formula is C58H35NO2. The normalized spacial score (nSPS) is 11.9. The maximum atomic E-state index is 6.86. The summed E-state index contributed by atoms with van der Waals surface area (Å²) in [6.07, 6.45) is 0. The van der Waals surface area contributed by atoms with Crippen LogP contribution >= 0.6 is 0 Å². The molecule has 0 unspecified atom stereocenters. The number of hydrogen-bond donors (Lipinski definition) is 0. The van der Waals surface area contributed by atoms with Gasteiger partial charge in [-0.1, -0.05) is 170 Å². The van der Waals surface area contributed by atoms with Crippen molar-refractivity contribution in [1.82, 2.24) is 4.57 Å². The molecule has 0 spiro atoms. The second kappa shape index (κ2) is 13.2. The van der Waals surface area contributed by atoms with E-state index in [1.165, 1.54) is 60.0 Å². The molecule has 3 heteroatoms. The van der Waals surface area contributed by atoms with Gasteiger partial charge in [0.05, 0.1) is 11.0 Å². The Labute approximate surface area is 350 Å². The lowest BCUT2D eigenvalue weighted by Gasteiger charge is -2.18. The third-order valence-corrected chi connectivity index (χ3v) is 12.6. The number of furan rings is 2. The van der Waals surface area contributed by atoms with Gasteiger partial charge in [0.15, 0.2) is 0 Å². The van der Waals surface area contributed by atoms with E-state index in [4.69, 9.17) is 8.83 Å². The van der Waals surface area contributed by atoms with Crippen molar-refractivity contribution < 1.29 is 8.83 Å². The summed E-state index contributed by atoms with van der Waals surface area (Å²) in [5.74, 6) is 0.855. The zero-order valence-corrected chi connectivity index (χ0v) is 33.0. The Balaban J connectivity index is 1.08. The topological polar surface area (TPSA) is 31.2 Å². The minimum Gasteiger partial charge on any atom is -0.456 e. The van der Waals surface area contributed by atoms with Gasteiger partial charge in [0, 0.05) is 43.7 Å². The molecule has 0 aliphatic carbocycles. The molecule has 0 amide bonds. The first-order valence-electron chi connectivity index (χ1n) is 20.8. The Kier molecular flexibility index (Phi) is 7.31. The molecule has 3 heterocycles. The molecule has 0 N–H and O–H groups in total. The molecule has 13 rings (SSSR count). The van der Waals surface area contributed by atoms with Crippen LogP contribution in [0.1, 0.15) is 0 Å². The van der Waals surface area contributed by atoms with Crippen LogP contribution < -0.4 is 0 Å². The van der Waals surface area contributed by atoms with E-state index >= 15 is 0 Å². The van der Waals surface area contributed by atoms with E-state index in [1.807, 2.05) is 6.07 Å². The predicted octanol–water partition coefficient (Wildman–Crippen LogP) is 16.4. The Morgan fingerprint density at radius 1 is 0.295 bits per heavy atom. The zero-order chi connectivity index (χ0) is 40.0. The highest BCUT2D eigenvalue weighted by Gasteiger charge is 2.24. The molecule has 0 saturated heterocycles. The molecule has 0 saturated carbocycles. The first-order chi connectivity index (χ1) is 30.3. The lowest BCUT2D eigenvalue weighted by Crippen LogP contribution is -1.94. The van der Waals surface area contributed by atoms with Crippen LogP contribution in [0.4, 0.5) is 0 Å². The summed E-state index contributed by atoms with van der Waals surface area (Å²) in [4.78, 5) is 0. The maximum Gasteiger partial charge on any atom is 0.143 e. The molecule has 284 valence electrons. The van der Waals surface area contributed by atoms with Gasteiger partial charge < -0.3 is 13.4 Å². The molecule has 0 atom stereocenters. The molecule has 3 nitrogen and oxygen atoms in total. The van der Waals surface area contributed by atoms with E-state index < -0.39 is 0 Å². The second-order valence-corrected chi connectivity index (χ2v) is 15.9. The van der Waals surface area contributed by atoms with Gasteiger partial charge in [0.1, 0.15) is 22.5 Å². The number of fused-ring (bicyclic) bond motifs is 9. The van der Waals surface area contributed by atoms with Crippen molar-refractivity contribution in [3.05, 3.63) is 212 Å². The Bertz CT molecular complexity index is 3800. The van der Waals surface area contributed by atoms with Crippen LogP contribution in [0.5, 0.6) is 0 Å². The van der Waals surface area contributed by atoms with Gasteiger partial charge >= 0.3 is 0 Å². The Hall–Kier alpha value is -8.14. The third kappa shape index (κ3) is 5.04. The summed E-state index contributed by atoms with van der Waals surface area (Å²) in [7, 11) is 0. The summed E-state index contributed by atoms with van der Waals surface area (Å²) in [6.45, 7) is 0. The number of aromatic nitrogens is 1. The van der Waals surface area contributed by atoms with E-state index in [0.29, 0.717) is 0 Å². The molecule has 61 heavy (non-hydrogen) atoms. The molecular weight excluding hydrogens is 743 g/mol. The highest BCUT2D eigenvalue weighted by atomic mass is 16.3. The van der Waals surface area contributed by atoms with Gasteiger partial charge in [-0.3, -0.25) is 0 Å². The zero-order valence-electron chi connectivity index (χ0n) is 33.0. The summed E-state index contributed by atoms with van der Waals surface area (Å²) >= 11 is 0. The average molecular weight is 778 g/mol. The summed E-state index contributed by atoms with van der Waals surface area (Å²) < 4.78 is 16.1. The third-order valence-electron chi connectivity index (χ3n) is 12.6. The molecule has 13 aromatic rings. The van der Waals surface area contributed by atoms with Crippen LogP contribution in [0.3, 0.4) is 0 Å². The van der Waals surface area contributed by atoms with Crippen LogP contribution in [-0.4, -0.2) is 4.57 Å². The van der Waals surface area contributed by atoms with Crippen LogP contribution in [0.25, 0.3) is 127 Å². The summed E-state index contributed by atoms with van der Waals surface area (Å²) in [5, 5.41) is 10.4.